The first-order valence-corrected chi connectivity index (χ1v) is 13.8. The van der Waals surface area contributed by atoms with Crippen LogP contribution >= 0.6 is 11.6 Å². The van der Waals surface area contributed by atoms with Crippen LogP contribution in [0.25, 0.3) is 11.0 Å². The van der Waals surface area contributed by atoms with Gasteiger partial charge in [0.2, 0.25) is 0 Å². The van der Waals surface area contributed by atoms with Crippen LogP contribution in [0, 0.1) is 17.8 Å². The third-order valence-corrected chi connectivity index (χ3v) is 8.87. The molecule has 5 rings (SSSR count). The van der Waals surface area contributed by atoms with Crippen LogP contribution in [0.1, 0.15) is 82.7 Å². The Morgan fingerprint density at radius 2 is 1.83 bits per heavy atom. The van der Waals surface area contributed by atoms with Crippen molar-refractivity contribution < 1.29 is 4.79 Å². The van der Waals surface area contributed by atoms with E-state index in [1.807, 2.05) is 24.4 Å². The molecule has 1 aliphatic heterocycles. The van der Waals surface area contributed by atoms with Crippen molar-refractivity contribution >= 4 is 34.5 Å². The zero-order chi connectivity index (χ0) is 24.4. The summed E-state index contributed by atoms with van der Waals surface area (Å²) in [5.74, 6) is 2.26. The number of amides is 1. The second kappa shape index (κ2) is 10.4. The van der Waals surface area contributed by atoms with Crippen LogP contribution in [0.3, 0.4) is 0 Å². The van der Waals surface area contributed by atoms with Gasteiger partial charge in [0.1, 0.15) is 5.54 Å². The van der Waals surface area contributed by atoms with Crippen molar-refractivity contribution in [3.8, 4) is 0 Å². The number of benzene rings is 1. The third kappa shape index (κ3) is 5.47. The molecule has 3 aliphatic rings. The number of carbonyl (C=O) groups is 1. The number of nitrogens with zero attached hydrogens (tertiary/aromatic N) is 4. The van der Waals surface area contributed by atoms with Crippen molar-refractivity contribution in [3.63, 3.8) is 0 Å². The van der Waals surface area contributed by atoms with Crippen LogP contribution in [0.15, 0.2) is 29.4 Å². The molecule has 2 aromatic rings. The normalized spacial score (nSPS) is 28.0. The molecule has 0 bridgehead atoms. The van der Waals surface area contributed by atoms with Gasteiger partial charge in [-0.15, -0.1) is 0 Å². The summed E-state index contributed by atoms with van der Waals surface area (Å²) in [6.45, 7) is 0. The Hall–Kier alpha value is -2.21. The van der Waals surface area contributed by atoms with E-state index in [1.54, 1.807) is 11.9 Å². The van der Waals surface area contributed by atoms with E-state index < -0.39 is 5.54 Å². The van der Waals surface area contributed by atoms with Gasteiger partial charge in [0.25, 0.3) is 5.91 Å². The van der Waals surface area contributed by atoms with Crippen LogP contribution in [-0.4, -0.2) is 39.3 Å². The van der Waals surface area contributed by atoms with Crippen LogP contribution in [0.5, 0.6) is 0 Å². The fraction of sp³-hybridized carbons (Fsp3) is 0.643. The first-order valence-electron chi connectivity index (χ1n) is 13.5. The molecule has 1 aromatic heterocycles. The smallest absolute Gasteiger partial charge is 0.257 e. The highest BCUT2D eigenvalue weighted by Gasteiger charge is 2.48. The molecular formula is C28H38ClN5O. The molecule has 2 heterocycles. The van der Waals surface area contributed by atoms with E-state index in [4.69, 9.17) is 27.3 Å². The van der Waals surface area contributed by atoms with Crippen molar-refractivity contribution in [1.82, 2.24) is 14.9 Å². The third-order valence-electron chi connectivity index (χ3n) is 8.64. The Morgan fingerprint density at radius 1 is 1.06 bits per heavy atom. The van der Waals surface area contributed by atoms with Crippen LogP contribution in [0.2, 0.25) is 5.02 Å². The van der Waals surface area contributed by atoms with Gasteiger partial charge in [-0.25, -0.2) is 9.98 Å². The molecule has 1 aromatic carbocycles. The van der Waals surface area contributed by atoms with Crippen molar-refractivity contribution in [2.75, 3.05) is 7.05 Å². The van der Waals surface area contributed by atoms with E-state index in [2.05, 4.69) is 4.98 Å². The van der Waals surface area contributed by atoms with Crippen LogP contribution < -0.4 is 5.73 Å². The number of hydrogen-bond donors (Lipinski definition) is 1. The topological polar surface area (TPSA) is 84.5 Å². The lowest BCUT2D eigenvalue weighted by Gasteiger charge is -2.35. The largest absolute Gasteiger partial charge is 0.369 e. The molecule has 2 aliphatic carbocycles. The first-order chi connectivity index (χ1) is 16.9. The Balaban J connectivity index is 1.26. The molecule has 2 saturated carbocycles. The van der Waals surface area contributed by atoms with E-state index in [9.17, 15) is 4.79 Å². The highest BCUT2D eigenvalue weighted by Crippen LogP contribution is 2.42. The van der Waals surface area contributed by atoms with Gasteiger partial charge < -0.3 is 5.73 Å². The number of guanidine groups is 1. The van der Waals surface area contributed by atoms with Crippen LogP contribution in [0.4, 0.5) is 0 Å². The standard InChI is InChI=1S/C28H38ClN5O/c1-34-26(35)28(33-27(34)30,13-12-19-6-3-2-4-7-19)17-21-9-5-8-20(14-21)15-23-18-31-25-16-22(29)10-11-24(25)32-23/h10-11,16,18-21H,2-9,12-15,17H2,1H3,(H2,30,33)/t20?,21-,28+/m1/s1. The Bertz CT molecular complexity index is 1100. The van der Waals surface area contributed by atoms with Gasteiger partial charge in [-0.2, -0.15) is 0 Å². The predicted octanol–water partition coefficient (Wildman–Crippen LogP) is 5.91. The molecule has 7 heteroatoms. The van der Waals surface area contributed by atoms with E-state index in [0.717, 1.165) is 61.2 Å². The molecule has 2 fully saturated rings. The van der Waals surface area contributed by atoms with Gasteiger partial charge in [0, 0.05) is 18.3 Å². The number of halogens is 1. The van der Waals surface area contributed by atoms with Gasteiger partial charge >= 0.3 is 0 Å². The number of hydrogen-bond acceptors (Lipinski definition) is 5. The summed E-state index contributed by atoms with van der Waals surface area (Å²) in [7, 11) is 1.78. The highest BCUT2D eigenvalue weighted by molar-refractivity contribution is 6.31. The lowest BCUT2D eigenvalue weighted by atomic mass is 9.72. The molecule has 188 valence electrons. The summed E-state index contributed by atoms with van der Waals surface area (Å²) in [6, 6.07) is 5.67. The molecule has 0 saturated heterocycles. The van der Waals surface area contributed by atoms with Crippen molar-refractivity contribution in [1.29, 1.82) is 0 Å². The highest BCUT2D eigenvalue weighted by atomic mass is 35.5. The lowest BCUT2D eigenvalue weighted by Crippen LogP contribution is -2.44. The summed E-state index contributed by atoms with van der Waals surface area (Å²) in [4.78, 5) is 29.3. The van der Waals surface area contributed by atoms with Crippen molar-refractivity contribution in [2.45, 2.75) is 89.0 Å². The average molecular weight is 496 g/mol. The molecule has 1 amide bonds. The molecule has 0 radical (unpaired) electrons. The van der Waals surface area contributed by atoms with Gasteiger partial charge in [-0.3, -0.25) is 14.7 Å². The van der Waals surface area contributed by atoms with Crippen molar-refractivity contribution in [3.05, 3.63) is 35.1 Å². The zero-order valence-electron chi connectivity index (χ0n) is 20.9. The number of aliphatic imine (C=N–C) groups is 1. The van der Waals surface area contributed by atoms with Gasteiger partial charge in [0.05, 0.1) is 16.7 Å². The Kier molecular flexibility index (Phi) is 7.29. The minimum Gasteiger partial charge on any atom is -0.369 e. The first kappa shape index (κ1) is 24.5. The molecule has 6 nitrogen and oxygen atoms in total. The maximum Gasteiger partial charge on any atom is 0.257 e. The second-order valence-corrected chi connectivity index (χ2v) is 11.6. The summed E-state index contributed by atoms with van der Waals surface area (Å²) >= 11 is 6.09. The monoisotopic (exact) mass is 495 g/mol. The van der Waals surface area contributed by atoms with Crippen LogP contribution in [-0.2, 0) is 11.2 Å². The van der Waals surface area contributed by atoms with E-state index in [0.29, 0.717) is 22.8 Å². The van der Waals surface area contributed by atoms with E-state index in [-0.39, 0.29) is 5.91 Å². The van der Waals surface area contributed by atoms with Gasteiger partial charge in [-0.1, -0.05) is 63.0 Å². The number of nitrogens with two attached hydrogens (primary N) is 1. The zero-order valence-corrected chi connectivity index (χ0v) is 21.6. The van der Waals surface area contributed by atoms with Crippen molar-refractivity contribution in [2.24, 2.45) is 28.5 Å². The summed E-state index contributed by atoms with van der Waals surface area (Å²) in [6.07, 6.45) is 16.8. The molecule has 3 atom stereocenters. The quantitative estimate of drug-likeness (QED) is 0.517. The minimum atomic E-state index is -0.662. The lowest BCUT2D eigenvalue weighted by molar-refractivity contribution is -0.131. The Morgan fingerprint density at radius 3 is 2.60 bits per heavy atom. The number of likely N-dealkylation sites (N-methyl/N-ethyl adjacent to an activating group) is 1. The number of rotatable bonds is 7. The maximum absolute atomic E-state index is 13.4. The maximum atomic E-state index is 13.4. The minimum absolute atomic E-state index is 0.104. The second-order valence-electron chi connectivity index (χ2n) is 11.2. The van der Waals surface area contributed by atoms with E-state index >= 15 is 0 Å². The predicted molar refractivity (Wildman–Crippen MR) is 141 cm³/mol. The number of fused-ring (bicyclic) bond motifs is 1. The van der Waals surface area contributed by atoms with Gasteiger partial charge in [-0.05, 0) is 68.1 Å². The Labute approximate surface area is 213 Å². The fourth-order valence-corrected chi connectivity index (χ4v) is 6.91. The molecule has 0 spiro atoms. The number of aromatic nitrogens is 2. The fourth-order valence-electron chi connectivity index (χ4n) is 6.74. The number of carbonyl (C=O) groups excluding carboxylic acids is 1. The molecule has 35 heavy (non-hydrogen) atoms. The average Bonchev–Trinajstić information content (AvgIpc) is 3.07. The van der Waals surface area contributed by atoms with E-state index in [1.165, 1.54) is 44.9 Å². The molecule has 2 N–H and O–H groups in total. The SMILES string of the molecule is CN1C(=O)[C@](CCC2CCCCC2)(C[C@@H]2CCCC(Cc3cnc4cc(Cl)ccc4n3)C2)N=C1N. The summed E-state index contributed by atoms with van der Waals surface area (Å²) in [5, 5.41) is 0.683. The summed E-state index contributed by atoms with van der Waals surface area (Å²) < 4.78 is 0. The molecular weight excluding hydrogens is 458 g/mol. The molecule has 1 unspecified atom stereocenters. The van der Waals surface area contributed by atoms with Gasteiger partial charge in [0.15, 0.2) is 5.96 Å². The summed E-state index contributed by atoms with van der Waals surface area (Å²) in [5.41, 5.74) is 8.28.